The minimum absolute atomic E-state index is 0.285. The number of benzene rings is 2. The number of halogens is 2. The van der Waals surface area contributed by atoms with Gasteiger partial charge in [-0.3, -0.25) is 0 Å². The molecule has 0 fully saturated rings. The molecule has 0 heterocycles. The Balaban J connectivity index is 2.50. The molecule has 2 aromatic rings. The molecule has 0 radical (unpaired) electrons. The van der Waals surface area contributed by atoms with E-state index in [-0.39, 0.29) is 5.82 Å². The first-order chi connectivity index (χ1) is 8.50. The summed E-state index contributed by atoms with van der Waals surface area (Å²) in [5.74, 6) is -0.285. The monoisotopic (exact) mass is 264 g/mol. The smallest absolute Gasteiger partial charge is 0.146 e. The molecular formula is C14H14ClFN2. The van der Waals surface area contributed by atoms with Crippen LogP contribution in [0.15, 0.2) is 36.4 Å². The predicted molar refractivity (Wildman–Crippen MR) is 75.1 cm³/mol. The minimum Gasteiger partial charge on any atom is -0.397 e. The van der Waals surface area contributed by atoms with Crippen LogP contribution in [0.3, 0.4) is 0 Å². The minimum atomic E-state index is -0.285. The highest BCUT2D eigenvalue weighted by molar-refractivity contribution is 6.31. The van der Waals surface area contributed by atoms with E-state index in [0.29, 0.717) is 16.4 Å². The lowest BCUT2D eigenvalue weighted by Crippen LogP contribution is -2.13. The van der Waals surface area contributed by atoms with Gasteiger partial charge in [-0.25, -0.2) is 4.39 Å². The summed E-state index contributed by atoms with van der Waals surface area (Å²) < 4.78 is 13.7. The summed E-state index contributed by atoms with van der Waals surface area (Å²) >= 11 is 6.00. The Bertz CT molecular complexity index is 584. The van der Waals surface area contributed by atoms with Crippen LogP contribution < -0.4 is 10.6 Å². The van der Waals surface area contributed by atoms with E-state index in [2.05, 4.69) is 0 Å². The Morgan fingerprint density at radius 3 is 2.50 bits per heavy atom. The van der Waals surface area contributed by atoms with Crippen LogP contribution in [-0.4, -0.2) is 7.05 Å². The fraction of sp³-hybridized carbons (Fsp3) is 0.143. The van der Waals surface area contributed by atoms with Crippen LogP contribution in [0.25, 0.3) is 0 Å². The van der Waals surface area contributed by atoms with Crippen molar-refractivity contribution in [1.29, 1.82) is 0 Å². The van der Waals surface area contributed by atoms with E-state index in [0.717, 1.165) is 11.3 Å². The van der Waals surface area contributed by atoms with Crippen molar-refractivity contribution in [3.05, 3.63) is 52.8 Å². The van der Waals surface area contributed by atoms with Crippen molar-refractivity contribution in [2.75, 3.05) is 17.7 Å². The van der Waals surface area contributed by atoms with Crippen molar-refractivity contribution in [1.82, 2.24) is 0 Å². The number of hydrogen-bond donors (Lipinski definition) is 1. The molecular weight excluding hydrogens is 251 g/mol. The van der Waals surface area contributed by atoms with E-state index in [1.165, 1.54) is 6.07 Å². The zero-order valence-corrected chi connectivity index (χ0v) is 11.0. The Hall–Kier alpha value is -1.74. The van der Waals surface area contributed by atoms with Crippen molar-refractivity contribution in [3.8, 4) is 0 Å². The first-order valence-electron chi connectivity index (χ1n) is 5.54. The summed E-state index contributed by atoms with van der Waals surface area (Å²) in [7, 11) is 1.78. The van der Waals surface area contributed by atoms with Gasteiger partial charge in [-0.05, 0) is 36.8 Å². The van der Waals surface area contributed by atoms with Gasteiger partial charge in [0.05, 0.1) is 17.1 Å². The zero-order valence-electron chi connectivity index (χ0n) is 10.2. The number of rotatable bonds is 2. The summed E-state index contributed by atoms with van der Waals surface area (Å²) in [5.41, 5.74) is 8.58. The third-order valence-electron chi connectivity index (χ3n) is 2.88. The lowest BCUT2D eigenvalue weighted by atomic mass is 10.1. The maximum absolute atomic E-state index is 13.7. The van der Waals surface area contributed by atoms with Gasteiger partial charge in [-0.1, -0.05) is 23.7 Å². The topological polar surface area (TPSA) is 29.3 Å². The van der Waals surface area contributed by atoms with E-state index in [9.17, 15) is 4.39 Å². The SMILES string of the molecule is Cc1cc(N(C)c2ccccc2F)c(N)cc1Cl. The van der Waals surface area contributed by atoms with Crippen LogP contribution in [0, 0.1) is 12.7 Å². The average molecular weight is 265 g/mol. The molecule has 0 bridgehead atoms. The van der Waals surface area contributed by atoms with Crippen LogP contribution >= 0.6 is 11.6 Å². The summed E-state index contributed by atoms with van der Waals surface area (Å²) in [5, 5.41) is 0.609. The summed E-state index contributed by atoms with van der Waals surface area (Å²) in [4.78, 5) is 1.72. The summed E-state index contributed by atoms with van der Waals surface area (Å²) in [6.45, 7) is 1.89. The molecule has 2 rings (SSSR count). The average Bonchev–Trinajstić information content (AvgIpc) is 2.33. The number of nitrogens with two attached hydrogens (primary N) is 1. The highest BCUT2D eigenvalue weighted by Gasteiger charge is 2.12. The van der Waals surface area contributed by atoms with E-state index in [4.69, 9.17) is 17.3 Å². The highest BCUT2D eigenvalue weighted by Crippen LogP contribution is 2.34. The van der Waals surface area contributed by atoms with Crippen molar-refractivity contribution >= 4 is 28.7 Å². The van der Waals surface area contributed by atoms with Gasteiger partial charge in [0, 0.05) is 12.1 Å². The van der Waals surface area contributed by atoms with Gasteiger partial charge in [0.2, 0.25) is 0 Å². The second kappa shape index (κ2) is 4.86. The van der Waals surface area contributed by atoms with Crippen LogP contribution in [0.4, 0.5) is 21.5 Å². The largest absolute Gasteiger partial charge is 0.397 e. The molecule has 0 aliphatic carbocycles. The lowest BCUT2D eigenvalue weighted by molar-refractivity contribution is 0.627. The molecule has 2 aromatic carbocycles. The molecule has 0 amide bonds. The number of hydrogen-bond acceptors (Lipinski definition) is 2. The third-order valence-corrected chi connectivity index (χ3v) is 3.29. The molecule has 0 atom stereocenters. The molecule has 2 nitrogen and oxygen atoms in total. The van der Waals surface area contributed by atoms with Gasteiger partial charge in [0.15, 0.2) is 0 Å². The fourth-order valence-corrected chi connectivity index (χ4v) is 2.00. The molecule has 0 aromatic heterocycles. The quantitative estimate of drug-likeness (QED) is 0.826. The van der Waals surface area contributed by atoms with Gasteiger partial charge in [0.1, 0.15) is 5.82 Å². The number of aryl methyl sites for hydroxylation is 1. The van der Waals surface area contributed by atoms with Crippen molar-refractivity contribution in [2.45, 2.75) is 6.92 Å². The second-order valence-electron chi connectivity index (χ2n) is 4.17. The standard InChI is InChI=1S/C14H14ClFN2/c1-9-7-14(12(17)8-10(9)15)18(2)13-6-4-3-5-11(13)16/h3-8H,17H2,1-2H3. The van der Waals surface area contributed by atoms with Gasteiger partial charge >= 0.3 is 0 Å². The van der Waals surface area contributed by atoms with Gasteiger partial charge in [-0.2, -0.15) is 0 Å². The number of nitrogen functional groups attached to an aromatic ring is 1. The zero-order chi connectivity index (χ0) is 13.3. The van der Waals surface area contributed by atoms with E-state index >= 15 is 0 Å². The number of nitrogens with zero attached hydrogens (tertiary/aromatic N) is 1. The molecule has 0 unspecified atom stereocenters. The van der Waals surface area contributed by atoms with E-state index in [1.54, 1.807) is 36.2 Å². The Labute approximate surface area is 111 Å². The van der Waals surface area contributed by atoms with E-state index < -0.39 is 0 Å². The molecule has 94 valence electrons. The Morgan fingerprint density at radius 1 is 1.17 bits per heavy atom. The van der Waals surface area contributed by atoms with Crippen LogP contribution in [-0.2, 0) is 0 Å². The van der Waals surface area contributed by atoms with E-state index in [1.807, 2.05) is 13.0 Å². The van der Waals surface area contributed by atoms with Crippen LogP contribution in [0.5, 0.6) is 0 Å². The van der Waals surface area contributed by atoms with Crippen LogP contribution in [0.1, 0.15) is 5.56 Å². The molecule has 0 aliphatic rings. The first kappa shape index (κ1) is 12.7. The molecule has 4 heteroatoms. The fourth-order valence-electron chi connectivity index (χ4n) is 1.83. The molecule has 18 heavy (non-hydrogen) atoms. The van der Waals surface area contributed by atoms with Crippen LogP contribution in [0.2, 0.25) is 5.02 Å². The second-order valence-corrected chi connectivity index (χ2v) is 4.58. The lowest BCUT2D eigenvalue weighted by Gasteiger charge is -2.22. The molecule has 0 aliphatic heterocycles. The molecule has 0 spiro atoms. The van der Waals surface area contributed by atoms with Gasteiger partial charge in [-0.15, -0.1) is 0 Å². The van der Waals surface area contributed by atoms with Crippen molar-refractivity contribution in [3.63, 3.8) is 0 Å². The van der Waals surface area contributed by atoms with Crippen molar-refractivity contribution in [2.24, 2.45) is 0 Å². The first-order valence-corrected chi connectivity index (χ1v) is 5.92. The Kier molecular flexibility index (Phi) is 3.43. The highest BCUT2D eigenvalue weighted by atomic mass is 35.5. The summed E-state index contributed by atoms with van der Waals surface area (Å²) in [6, 6.07) is 10.1. The molecule has 0 saturated carbocycles. The van der Waals surface area contributed by atoms with Gasteiger partial charge < -0.3 is 10.6 Å². The number of para-hydroxylation sites is 1. The van der Waals surface area contributed by atoms with Crippen molar-refractivity contribution < 1.29 is 4.39 Å². The Morgan fingerprint density at radius 2 is 1.83 bits per heavy atom. The van der Waals surface area contributed by atoms with Gasteiger partial charge in [0.25, 0.3) is 0 Å². The third kappa shape index (κ3) is 2.27. The molecule has 0 saturated heterocycles. The number of anilines is 3. The normalized spacial score (nSPS) is 10.4. The molecule has 2 N–H and O–H groups in total. The maximum atomic E-state index is 13.7. The summed E-state index contributed by atoms with van der Waals surface area (Å²) in [6.07, 6.45) is 0. The maximum Gasteiger partial charge on any atom is 0.146 e. The predicted octanol–water partition coefficient (Wildman–Crippen LogP) is 4.14.